The molecule has 0 aromatic heterocycles. The van der Waals surface area contributed by atoms with Gasteiger partial charge in [0, 0.05) is 18.3 Å². The summed E-state index contributed by atoms with van der Waals surface area (Å²) in [5.41, 5.74) is 0.907. The van der Waals surface area contributed by atoms with Crippen LogP contribution in [0.5, 0.6) is 11.5 Å². The lowest BCUT2D eigenvalue weighted by molar-refractivity contribution is -0.132. The van der Waals surface area contributed by atoms with Crippen molar-refractivity contribution in [2.45, 2.75) is 18.2 Å². The van der Waals surface area contributed by atoms with Crippen LogP contribution in [0.1, 0.15) is 5.56 Å². The lowest BCUT2D eigenvalue weighted by atomic mass is 9.77. The van der Waals surface area contributed by atoms with Crippen LogP contribution in [0, 0.1) is 11.8 Å². The first-order valence-corrected chi connectivity index (χ1v) is 10.3. The van der Waals surface area contributed by atoms with Crippen molar-refractivity contribution in [1.29, 1.82) is 0 Å². The monoisotopic (exact) mass is 420 g/mol. The summed E-state index contributed by atoms with van der Waals surface area (Å²) in [7, 11) is 3.20. The summed E-state index contributed by atoms with van der Waals surface area (Å²) in [5, 5.41) is 2.98. The molecule has 7 heteroatoms. The average Bonchev–Trinajstić information content (AvgIpc) is 3.46. The van der Waals surface area contributed by atoms with Crippen LogP contribution in [-0.4, -0.2) is 44.3 Å². The van der Waals surface area contributed by atoms with E-state index in [0.29, 0.717) is 18.8 Å². The number of methoxy groups -OCH3 is 2. The van der Waals surface area contributed by atoms with Gasteiger partial charge in [-0.2, -0.15) is 0 Å². The molecular formula is C24H24N2O5. The van der Waals surface area contributed by atoms with Gasteiger partial charge in [0.05, 0.1) is 38.7 Å². The molecule has 3 heterocycles. The molecule has 160 valence electrons. The molecule has 7 nitrogen and oxygen atoms in total. The largest absolute Gasteiger partial charge is 0.497 e. The Balaban J connectivity index is 1.36. The molecular weight excluding hydrogens is 396 g/mol. The minimum atomic E-state index is -0.761. The molecule has 0 unspecified atom stereocenters. The number of hydrogen-bond donors (Lipinski definition) is 1. The Hall–Kier alpha value is -3.32. The van der Waals surface area contributed by atoms with E-state index in [1.54, 1.807) is 19.1 Å². The first-order valence-electron chi connectivity index (χ1n) is 10.3. The van der Waals surface area contributed by atoms with Gasteiger partial charge in [0.1, 0.15) is 17.1 Å². The Morgan fingerprint density at radius 2 is 1.90 bits per heavy atom. The van der Waals surface area contributed by atoms with E-state index in [4.69, 9.17) is 14.2 Å². The predicted molar refractivity (Wildman–Crippen MR) is 114 cm³/mol. The maximum Gasteiger partial charge on any atom is 0.234 e. The van der Waals surface area contributed by atoms with Gasteiger partial charge in [-0.15, -0.1) is 0 Å². The number of anilines is 1. The van der Waals surface area contributed by atoms with Crippen LogP contribution in [0.25, 0.3) is 0 Å². The summed E-state index contributed by atoms with van der Waals surface area (Å²) in [6.07, 6.45) is 3.48. The van der Waals surface area contributed by atoms with Gasteiger partial charge in [0.2, 0.25) is 11.8 Å². The molecule has 2 aromatic carbocycles. The zero-order valence-electron chi connectivity index (χ0n) is 17.4. The highest BCUT2D eigenvalue weighted by atomic mass is 16.5. The average molecular weight is 420 g/mol. The summed E-state index contributed by atoms with van der Waals surface area (Å²) in [6, 6.07) is 14.9. The second-order valence-corrected chi connectivity index (χ2v) is 8.10. The number of nitrogens with zero attached hydrogens (tertiary/aromatic N) is 1. The fourth-order valence-corrected chi connectivity index (χ4v) is 4.88. The van der Waals surface area contributed by atoms with Crippen LogP contribution in [0.4, 0.5) is 5.69 Å². The lowest BCUT2D eigenvalue weighted by Gasteiger charge is -2.23. The minimum absolute atomic E-state index is 0.0957. The highest BCUT2D eigenvalue weighted by Gasteiger charge is 2.67. The fourth-order valence-electron chi connectivity index (χ4n) is 4.88. The van der Waals surface area contributed by atoms with Crippen LogP contribution in [0.15, 0.2) is 60.7 Å². The molecule has 3 aliphatic heterocycles. The zero-order valence-corrected chi connectivity index (χ0v) is 17.4. The number of amides is 2. The number of hydrogen-bond acceptors (Lipinski definition) is 5. The Morgan fingerprint density at radius 1 is 1.16 bits per heavy atom. The van der Waals surface area contributed by atoms with Gasteiger partial charge < -0.3 is 24.4 Å². The normalized spacial score (nSPS) is 28.0. The summed E-state index contributed by atoms with van der Waals surface area (Å²) >= 11 is 0. The molecule has 2 bridgehead atoms. The van der Waals surface area contributed by atoms with Crippen LogP contribution < -0.4 is 19.7 Å². The zero-order chi connectivity index (χ0) is 21.6. The summed E-state index contributed by atoms with van der Waals surface area (Å²) in [4.78, 5) is 28.3. The smallest absolute Gasteiger partial charge is 0.234 e. The Bertz CT molecular complexity index is 1070. The molecule has 2 saturated heterocycles. The Kier molecular flexibility index (Phi) is 4.70. The van der Waals surface area contributed by atoms with Crippen LogP contribution >= 0.6 is 0 Å². The van der Waals surface area contributed by atoms with Crippen molar-refractivity contribution in [3.63, 3.8) is 0 Å². The van der Waals surface area contributed by atoms with Gasteiger partial charge in [0.15, 0.2) is 0 Å². The molecule has 2 aromatic rings. The van der Waals surface area contributed by atoms with Crippen molar-refractivity contribution in [2.75, 3.05) is 25.7 Å². The van der Waals surface area contributed by atoms with Crippen molar-refractivity contribution in [1.82, 2.24) is 5.32 Å². The van der Waals surface area contributed by atoms with E-state index in [0.717, 1.165) is 17.0 Å². The Labute approximate surface area is 180 Å². The number of benzene rings is 2. The molecule has 1 N–H and O–H groups in total. The van der Waals surface area contributed by atoms with Crippen molar-refractivity contribution in [2.24, 2.45) is 11.8 Å². The maximum atomic E-state index is 13.4. The fraction of sp³-hybridized carbons (Fsp3) is 0.333. The molecule has 2 fully saturated rings. The molecule has 2 amide bonds. The number of carbonyl (C=O) groups is 2. The third kappa shape index (κ3) is 3.16. The summed E-state index contributed by atoms with van der Waals surface area (Å²) < 4.78 is 16.7. The maximum absolute atomic E-state index is 13.4. The van der Waals surface area contributed by atoms with Crippen LogP contribution in [-0.2, 0) is 20.9 Å². The lowest BCUT2D eigenvalue weighted by Crippen LogP contribution is -2.43. The third-order valence-electron chi connectivity index (χ3n) is 6.37. The summed E-state index contributed by atoms with van der Waals surface area (Å²) in [5.74, 6) is 0.0363. The molecule has 4 atom stereocenters. The van der Waals surface area contributed by atoms with E-state index in [-0.39, 0.29) is 17.9 Å². The SMILES string of the molecule is COc1cccc(CNC(=O)[C@H]2[C@H]3C=C[C@]4(CN(c5cccc(OC)c5)C(=O)[C@@H]24)O3)c1. The van der Waals surface area contributed by atoms with E-state index in [1.807, 2.05) is 60.7 Å². The van der Waals surface area contributed by atoms with E-state index in [9.17, 15) is 9.59 Å². The molecule has 0 aliphatic carbocycles. The molecule has 31 heavy (non-hydrogen) atoms. The van der Waals surface area contributed by atoms with Gasteiger partial charge in [-0.3, -0.25) is 9.59 Å². The second kappa shape index (κ2) is 7.42. The number of rotatable bonds is 6. The highest BCUT2D eigenvalue weighted by Crippen LogP contribution is 2.52. The first kappa shape index (κ1) is 19.6. The van der Waals surface area contributed by atoms with Gasteiger partial charge in [-0.25, -0.2) is 0 Å². The number of fused-ring (bicyclic) bond motifs is 1. The van der Waals surface area contributed by atoms with E-state index in [2.05, 4.69) is 5.32 Å². The number of ether oxygens (including phenoxy) is 3. The van der Waals surface area contributed by atoms with Gasteiger partial charge >= 0.3 is 0 Å². The van der Waals surface area contributed by atoms with E-state index < -0.39 is 17.4 Å². The number of nitrogens with one attached hydrogen (secondary N) is 1. The highest BCUT2D eigenvalue weighted by molar-refractivity contribution is 6.03. The topological polar surface area (TPSA) is 77.1 Å². The van der Waals surface area contributed by atoms with Crippen LogP contribution in [0.3, 0.4) is 0 Å². The first-order chi connectivity index (χ1) is 15.0. The molecule has 3 aliphatic rings. The summed E-state index contributed by atoms with van der Waals surface area (Å²) in [6.45, 7) is 0.743. The third-order valence-corrected chi connectivity index (χ3v) is 6.37. The van der Waals surface area contributed by atoms with Gasteiger partial charge in [-0.1, -0.05) is 30.4 Å². The number of carbonyl (C=O) groups excluding carboxylic acids is 2. The minimum Gasteiger partial charge on any atom is -0.497 e. The van der Waals surface area contributed by atoms with Crippen molar-refractivity contribution >= 4 is 17.5 Å². The predicted octanol–water partition coefficient (Wildman–Crippen LogP) is 2.31. The van der Waals surface area contributed by atoms with Crippen molar-refractivity contribution < 1.29 is 23.8 Å². The molecule has 1 spiro atoms. The van der Waals surface area contributed by atoms with E-state index >= 15 is 0 Å². The van der Waals surface area contributed by atoms with Gasteiger partial charge in [-0.05, 0) is 29.8 Å². The van der Waals surface area contributed by atoms with Crippen LogP contribution in [0.2, 0.25) is 0 Å². The molecule has 5 rings (SSSR count). The quantitative estimate of drug-likeness (QED) is 0.726. The van der Waals surface area contributed by atoms with Crippen molar-refractivity contribution in [3.05, 3.63) is 66.2 Å². The Morgan fingerprint density at radius 3 is 2.68 bits per heavy atom. The van der Waals surface area contributed by atoms with Crippen molar-refractivity contribution in [3.8, 4) is 11.5 Å². The van der Waals surface area contributed by atoms with Gasteiger partial charge in [0.25, 0.3) is 0 Å². The molecule has 0 radical (unpaired) electrons. The second-order valence-electron chi connectivity index (χ2n) is 8.10. The standard InChI is InChI=1S/C24H24N2O5/c1-29-17-7-3-5-15(11-17)13-25-22(27)20-19-9-10-24(31-19)14-26(23(28)21(20)24)16-6-4-8-18(12-16)30-2/h3-12,19-21H,13-14H2,1-2H3,(H,25,27)/t19-,20+,21-,24-/m1/s1. The molecule has 0 saturated carbocycles. The van der Waals surface area contributed by atoms with E-state index in [1.165, 1.54) is 0 Å².